The monoisotopic (exact) mass is 477 g/mol. The third-order valence-corrected chi connectivity index (χ3v) is 6.08. The molecule has 158 valence electrons. The Morgan fingerprint density at radius 3 is 2.61 bits per heavy atom. The van der Waals surface area contributed by atoms with E-state index in [4.69, 9.17) is 4.98 Å². The average molecular weight is 478 g/mol. The van der Waals surface area contributed by atoms with Crippen LogP contribution in [-0.2, 0) is 0 Å². The molecule has 6 nitrogen and oxygen atoms in total. The van der Waals surface area contributed by atoms with Gasteiger partial charge in [-0.1, -0.05) is 29.8 Å². The van der Waals surface area contributed by atoms with Gasteiger partial charge in [-0.2, -0.15) is 9.78 Å². The molecule has 3 heterocycles. The maximum Gasteiger partial charge on any atom is 0.282 e. The molecule has 0 amide bonds. The van der Waals surface area contributed by atoms with Crippen LogP contribution in [0.25, 0.3) is 16.6 Å². The molecule has 4 rings (SSSR count). The molecule has 0 aliphatic heterocycles. The van der Waals surface area contributed by atoms with Gasteiger partial charge >= 0.3 is 0 Å². The van der Waals surface area contributed by atoms with Gasteiger partial charge in [-0.05, 0) is 56.7 Å². The van der Waals surface area contributed by atoms with Gasteiger partial charge in [0.05, 0.1) is 17.1 Å². The van der Waals surface area contributed by atoms with Crippen molar-refractivity contribution in [3.05, 3.63) is 86.4 Å². The fraction of sp³-hybridized carbons (Fsp3) is 0.250. The summed E-state index contributed by atoms with van der Waals surface area (Å²) in [5.74, 6) is 0.767. The summed E-state index contributed by atoms with van der Waals surface area (Å²) in [6, 6.07) is 11.6. The first kappa shape index (κ1) is 21.2. The first-order valence-corrected chi connectivity index (χ1v) is 11.1. The van der Waals surface area contributed by atoms with E-state index in [0.29, 0.717) is 16.7 Å². The van der Waals surface area contributed by atoms with Crippen molar-refractivity contribution in [1.29, 1.82) is 0 Å². The zero-order valence-electron chi connectivity index (χ0n) is 18.0. The van der Waals surface area contributed by atoms with E-state index in [2.05, 4.69) is 57.4 Å². The summed E-state index contributed by atoms with van der Waals surface area (Å²) in [6.07, 6.45) is 6.16. The number of aromatic nitrogens is 4. The SMILES string of the molecule is CC[C@@H](C)c1nc2ccc(Br)cc2c(=O)n1N=Cc1cc(C)n(-c2ccncc2)c1C. The van der Waals surface area contributed by atoms with Gasteiger partial charge in [-0.3, -0.25) is 9.78 Å². The fourth-order valence-electron chi connectivity index (χ4n) is 3.71. The predicted octanol–water partition coefficient (Wildman–Crippen LogP) is 5.36. The van der Waals surface area contributed by atoms with Gasteiger partial charge in [0.2, 0.25) is 0 Å². The van der Waals surface area contributed by atoms with E-state index >= 15 is 0 Å². The minimum Gasteiger partial charge on any atom is -0.318 e. The van der Waals surface area contributed by atoms with Crippen molar-refractivity contribution in [1.82, 2.24) is 19.2 Å². The molecule has 0 saturated heterocycles. The Balaban J connectivity index is 1.85. The van der Waals surface area contributed by atoms with Crippen molar-refractivity contribution in [3.8, 4) is 5.69 Å². The molecule has 0 saturated carbocycles. The van der Waals surface area contributed by atoms with Gasteiger partial charge < -0.3 is 4.57 Å². The number of benzene rings is 1. The van der Waals surface area contributed by atoms with E-state index in [1.807, 2.05) is 31.2 Å². The Morgan fingerprint density at radius 1 is 1.16 bits per heavy atom. The van der Waals surface area contributed by atoms with E-state index in [-0.39, 0.29) is 11.5 Å². The predicted molar refractivity (Wildman–Crippen MR) is 128 cm³/mol. The van der Waals surface area contributed by atoms with Gasteiger partial charge in [0.15, 0.2) is 0 Å². The zero-order chi connectivity index (χ0) is 22.1. The molecule has 0 unspecified atom stereocenters. The highest BCUT2D eigenvalue weighted by Crippen LogP contribution is 2.22. The molecular formula is C24H24BrN5O. The maximum absolute atomic E-state index is 13.3. The summed E-state index contributed by atoms with van der Waals surface area (Å²) in [7, 11) is 0. The van der Waals surface area contributed by atoms with Gasteiger partial charge in [0, 0.05) is 45.4 Å². The summed E-state index contributed by atoms with van der Waals surface area (Å²) in [5, 5.41) is 5.15. The van der Waals surface area contributed by atoms with Crippen LogP contribution in [0.3, 0.4) is 0 Å². The lowest BCUT2D eigenvalue weighted by molar-refractivity contribution is 0.613. The van der Waals surface area contributed by atoms with E-state index in [9.17, 15) is 4.79 Å². The maximum atomic E-state index is 13.3. The smallest absolute Gasteiger partial charge is 0.282 e. The minimum atomic E-state index is -0.166. The Labute approximate surface area is 189 Å². The second-order valence-electron chi connectivity index (χ2n) is 7.67. The van der Waals surface area contributed by atoms with Crippen LogP contribution in [0.1, 0.15) is 49.0 Å². The normalized spacial score (nSPS) is 12.7. The van der Waals surface area contributed by atoms with Gasteiger partial charge in [0.25, 0.3) is 5.56 Å². The largest absolute Gasteiger partial charge is 0.318 e. The van der Waals surface area contributed by atoms with Crippen LogP contribution in [0.15, 0.2) is 63.2 Å². The summed E-state index contributed by atoms with van der Waals surface area (Å²) >= 11 is 3.45. The number of rotatable bonds is 5. The highest BCUT2D eigenvalue weighted by molar-refractivity contribution is 9.10. The van der Waals surface area contributed by atoms with Gasteiger partial charge in [-0.25, -0.2) is 4.98 Å². The van der Waals surface area contributed by atoms with E-state index < -0.39 is 0 Å². The van der Waals surface area contributed by atoms with E-state index in [0.717, 1.165) is 33.5 Å². The van der Waals surface area contributed by atoms with Crippen molar-refractivity contribution in [2.24, 2.45) is 5.10 Å². The number of nitrogens with zero attached hydrogens (tertiary/aromatic N) is 5. The lowest BCUT2D eigenvalue weighted by Crippen LogP contribution is -2.23. The molecule has 0 aliphatic rings. The summed E-state index contributed by atoms with van der Waals surface area (Å²) in [6.45, 7) is 8.24. The van der Waals surface area contributed by atoms with Crippen LogP contribution in [-0.4, -0.2) is 25.4 Å². The average Bonchev–Trinajstić information content (AvgIpc) is 3.06. The summed E-state index contributed by atoms with van der Waals surface area (Å²) in [5.41, 5.74) is 4.64. The molecule has 0 spiro atoms. The number of hydrogen-bond acceptors (Lipinski definition) is 4. The molecule has 1 aromatic carbocycles. The van der Waals surface area contributed by atoms with Crippen molar-refractivity contribution in [2.75, 3.05) is 0 Å². The molecular weight excluding hydrogens is 454 g/mol. The fourth-order valence-corrected chi connectivity index (χ4v) is 4.07. The summed E-state index contributed by atoms with van der Waals surface area (Å²) in [4.78, 5) is 22.2. The molecule has 1 atom stereocenters. The first-order chi connectivity index (χ1) is 14.9. The van der Waals surface area contributed by atoms with Gasteiger partial charge in [-0.15, -0.1) is 0 Å². The molecule has 0 N–H and O–H groups in total. The zero-order valence-corrected chi connectivity index (χ0v) is 19.6. The number of aryl methyl sites for hydroxylation is 1. The Hall–Kier alpha value is -3.06. The lowest BCUT2D eigenvalue weighted by atomic mass is 10.1. The third-order valence-electron chi connectivity index (χ3n) is 5.59. The number of hydrogen-bond donors (Lipinski definition) is 0. The Kier molecular flexibility index (Phi) is 5.87. The number of halogens is 1. The second-order valence-corrected chi connectivity index (χ2v) is 8.59. The van der Waals surface area contributed by atoms with Crippen molar-refractivity contribution in [3.63, 3.8) is 0 Å². The van der Waals surface area contributed by atoms with Crippen LogP contribution in [0.5, 0.6) is 0 Å². The quantitative estimate of drug-likeness (QED) is 0.363. The van der Waals surface area contributed by atoms with Crippen molar-refractivity contribution < 1.29 is 0 Å². The Morgan fingerprint density at radius 2 is 1.90 bits per heavy atom. The number of pyridine rings is 1. The topological polar surface area (TPSA) is 65.1 Å². The van der Waals surface area contributed by atoms with E-state index in [1.54, 1.807) is 24.7 Å². The van der Waals surface area contributed by atoms with Crippen molar-refractivity contribution >= 4 is 33.0 Å². The van der Waals surface area contributed by atoms with E-state index in [1.165, 1.54) is 4.68 Å². The third kappa shape index (κ3) is 3.97. The molecule has 7 heteroatoms. The highest BCUT2D eigenvalue weighted by atomic mass is 79.9. The molecule has 31 heavy (non-hydrogen) atoms. The minimum absolute atomic E-state index is 0.0992. The second kappa shape index (κ2) is 8.59. The molecule has 0 fully saturated rings. The summed E-state index contributed by atoms with van der Waals surface area (Å²) < 4.78 is 4.44. The first-order valence-electron chi connectivity index (χ1n) is 10.3. The van der Waals surface area contributed by atoms with Crippen LogP contribution in [0.4, 0.5) is 0 Å². The van der Waals surface area contributed by atoms with Crippen LogP contribution in [0, 0.1) is 13.8 Å². The lowest BCUT2D eigenvalue weighted by Gasteiger charge is -2.14. The molecule has 3 aromatic heterocycles. The molecule has 0 radical (unpaired) electrons. The van der Waals surface area contributed by atoms with Crippen LogP contribution >= 0.6 is 15.9 Å². The van der Waals surface area contributed by atoms with Crippen LogP contribution < -0.4 is 5.56 Å². The standard InChI is InChI=1S/C24H24BrN5O/c1-5-15(2)23-28-22-7-6-19(25)13-21(22)24(31)30(23)27-14-18-12-16(3)29(17(18)4)20-8-10-26-11-9-20/h6-15H,5H2,1-4H3/t15-/m1/s1. The highest BCUT2D eigenvalue weighted by Gasteiger charge is 2.16. The Bertz CT molecular complexity index is 1340. The van der Waals surface area contributed by atoms with Gasteiger partial charge in [0.1, 0.15) is 5.82 Å². The molecule has 0 aliphatic carbocycles. The van der Waals surface area contributed by atoms with Crippen molar-refractivity contribution in [2.45, 2.75) is 40.0 Å². The number of fused-ring (bicyclic) bond motifs is 1. The molecule has 4 aromatic rings. The molecule has 0 bridgehead atoms. The van der Waals surface area contributed by atoms with Crippen LogP contribution in [0.2, 0.25) is 0 Å².